The average molecular weight is 360 g/mol. The lowest BCUT2D eigenvalue weighted by molar-refractivity contribution is -0.130. The number of benzene rings is 1. The highest BCUT2D eigenvalue weighted by molar-refractivity contribution is 6.33. The zero-order valence-electron chi connectivity index (χ0n) is 13.2. The predicted octanol–water partition coefficient (Wildman–Crippen LogP) is 2.45. The maximum Gasteiger partial charge on any atom is 0.337 e. The van der Waals surface area contributed by atoms with Crippen molar-refractivity contribution in [1.82, 2.24) is 4.90 Å². The van der Waals surface area contributed by atoms with Crippen molar-refractivity contribution in [3.63, 3.8) is 0 Å². The third-order valence-corrected chi connectivity index (χ3v) is 4.38. The van der Waals surface area contributed by atoms with Gasteiger partial charge in [-0.3, -0.25) is 9.59 Å². The molecule has 2 aliphatic heterocycles. The van der Waals surface area contributed by atoms with Crippen LogP contribution in [0.5, 0.6) is 0 Å². The molecule has 0 spiro atoms. The number of nitrogens with zero attached hydrogens (tertiary/aromatic N) is 2. The predicted molar refractivity (Wildman–Crippen MR) is 92.6 cm³/mol. The number of carbonyl (C=O) groups excluding carboxylic acids is 2. The van der Waals surface area contributed by atoms with Crippen LogP contribution in [-0.4, -0.2) is 39.2 Å². The monoisotopic (exact) mass is 359 g/mol. The van der Waals surface area contributed by atoms with Gasteiger partial charge in [0.2, 0.25) is 0 Å². The van der Waals surface area contributed by atoms with E-state index in [1.165, 1.54) is 18.2 Å². The van der Waals surface area contributed by atoms with E-state index >= 15 is 0 Å². The second kappa shape index (κ2) is 6.18. The second-order valence-electron chi connectivity index (χ2n) is 5.84. The maximum absolute atomic E-state index is 12.9. The first-order valence-corrected chi connectivity index (χ1v) is 7.79. The van der Waals surface area contributed by atoms with Gasteiger partial charge in [0.25, 0.3) is 11.8 Å². The first-order valence-electron chi connectivity index (χ1n) is 7.41. The van der Waals surface area contributed by atoms with Gasteiger partial charge in [-0.25, -0.2) is 4.79 Å². The molecule has 2 amide bonds. The van der Waals surface area contributed by atoms with Crippen LogP contribution < -0.4 is 5.32 Å². The van der Waals surface area contributed by atoms with E-state index in [9.17, 15) is 14.4 Å². The Morgan fingerprint density at radius 2 is 2.12 bits per heavy atom. The van der Waals surface area contributed by atoms with Crippen molar-refractivity contribution < 1.29 is 19.5 Å². The molecule has 1 aromatic carbocycles. The summed E-state index contributed by atoms with van der Waals surface area (Å²) in [6.45, 7) is 1.63. The smallest absolute Gasteiger partial charge is 0.337 e. The summed E-state index contributed by atoms with van der Waals surface area (Å²) in [5.74, 6) is -1.66. The standard InChI is InChI=1S/C17H14ClN3O4/c1-17(9-14(22)20-13-4-2-3-7-21(13)17)16(25)19-10-5-6-12(18)11(8-10)15(23)24/h2-8H,9H2,1H3,(H,19,25)(H,23,24). The molecule has 25 heavy (non-hydrogen) atoms. The van der Waals surface area contributed by atoms with E-state index in [1.807, 2.05) is 0 Å². The van der Waals surface area contributed by atoms with Crippen molar-refractivity contribution in [2.24, 2.45) is 4.99 Å². The number of aromatic carboxylic acids is 1. The molecule has 0 saturated heterocycles. The fourth-order valence-electron chi connectivity index (χ4n) is 2.71. The molecule has 0 aromatic heterocycles. The fourth-order valence-corrected chi connectivity index (χ4v) is 2.91. The summed E-state index contributed by atoms with van der Waals surface area (Å²) in [6, 6.07) is 4.17. The minimum Gasteiger partial charge on any atom is -0.478 e. The quantitative estimate of drug-likeness (QED) is 0.863. The molecule has 2 heterocycles. The summed E-state index contributed by atoms with van der Waals surface area (Å²) in [5, 5.41) is 11.9. The third-order valence-electron chi connectivity index (χ3n) is 4.05. The molecule has 0 bridgehead atoms. The van der Waals surface area contributed by atoms with E-state index in [0.717, 1.165) is 0 Å². The number of hydrogen-bond donors (Lipinski definition) is 2. The highest BCUT2D eigenvalue weighted by Crippen LogP contribution is 2.30. The molecular formula is C17H14ClN3O4. The van der Waals surface area contributed by atoms with Crippen molar-refractivity contribution in [2.75, 3.05) is 5.32 Å². The van der Waals surface area contributed by atoms with E-state index in [1.54, 1.807) is 36.3 Å². The molecule has 2 aliphatic rings. The lowest BCUT2D eigenvalue weighted by atomic mass is 9.91. The number of carbonyl (C=O) groups is 3. The highest BCUT2D eigenvalue weighted by Gasteiger charge is 2.45. The number of amidine groups is 1. The van der Waals surface area contributed by atoms with Crippen LogP contribution in [0.4, 0.5) is 5.69 Å². The lowest BCUT2D eigenvalue weighted by Crippen LogP contribution is -2.58. The maximum atomic E-state index is 12.9. The van der Waals surface area contributed by atoms with Gasteiger partial charge < -0.3 is 15.3 Å². The van der Waals surface area contributed by atoms with Crippen molar-refractivity contribution in [2.45, 2.75) is 18.9 Å². The van der Waals surface area contributed by atoms with Gasteiger partial charge >= 0.3 is 5.97 Å². The zero-order chi connectivity index (χ0) is 18.2. The normalized spacial score (nSPS) is 21.6. The summed E-state index contributed by atoms with van der Waals surface area (Å²) >= 11 is 5.84. The summed E-state index contributed by atoms with van der Waals surface area (Å²) < 4.78 is 0. The van der Waals surface area contributed by atoms with E-state index in [2.05, 4.69) is 10.3 Å². The fraction of sp³-hybridized carbons (Fsp3) is 0.176. The molecule has 1 aromatic rings. The number of allylic oxidation sites excluding steroid dienone is 2. The molecular weight excluding hydrogens is 346 g/mol. The SMILES string of the molecule is CC1(C(=O)Nc2ccc(Cl)c(C(=O)O)c2)CC(=O)N=C2C=CC=CN21. The van der Waals surface area contributed by atoms with E-state index in [0.29, 0.717) is 5.84 Å². The van der Waals surface area contributed by atoms with Crippen molar-refractivity contribution >= 4 is 40.9 Å². The van der Waals surface area contributed by atoms with Crippen LogP contribution >= 0.6 is 11.6 Å². The molecule has 0 saturated carbocycles. The molecule has 3 rings (SSSR count). The number of carboxylic acids is 1. The van der Waals surface area contributed by atoms with Crippen LogP contribution in [0.25, 0.3) is 0 Å². The third kappa shape index (κ3) is 3.06. The largest absolute Gasteiger partial charge is 0.478 e. The van der Waals surface area contributed by atoms with Crippen LogP contribution in [0.15, 0.2) is 47.6 Å². The molecule has 1 unspecified atom stereocenters. The Morgan fingerprint density at radius 1 is 1.36 bits per heavy atom. The topological polar surface area (TPSA) is 99.1 Å². The molecule has 128 valence electrons. The zero-order valence-corrected chi connectivity index (χ0v) is 13.9. The number of anilines is 1. The number of fused-ring (bicyclic) bond motifs is 1. The van der Waals surface area contributed by atoms with Gasteiger partial charge in [-0.2, -0.15) is 4.99 Å². The lowest BCUT2D eigenvalue weighted by Gasteiger charge is -2.41. The van der Waals surface area contributed by atoms with Crippen LogP contribution in [0.3, 0.4) is 0 Å². The minimum atomic E-state index is -1.20. The number of carboxylic acid groups (broad SMARTS) is 1. The van der Waals surface area contributed by atoms with Crippen molar-refractivity contribution in [1.29, 1.82) is 0 Å². The van der Waals surface area contributed by atoms with Crippen LogP contribution in [-0.2, 0) is 9.59 Å². The number of nitrogens with one attached hydrogen (secondary N) is 1. The van der Waals surface area contributed by atoms with Crippen LogP contribution in [0, 0.1) is 0 Å². The van der Waals surface area contributed by atoms with Gasteiger partial charge in [-0.05, 0) is 37.3 Å². The first kappa shape index (κ1) is 16.9. The van der Waals surface area contributed by atoms with Gasteiger partial charge in [-0.15, -0.1) is 0 Å². The summed E-state index contributed by atoms with van der Waals surface area (Å²) in [4.78, 5) is 41.5. The molecule has 8 heteroatoms. The molecule has 0 radical (unpaired) electrons. The number of aliphatic imine (C=N–C) groups is 1. The van der Waals surface area contributed by atoms with Gasteiger partial charge in [0.05, 0.1) is 17.0 Å². The van der Waals surface area contributed by atoms with Gasteiger partial charge in [-0.1, -0.05) is 17.7 Å². The van der Waals surface area contributed by atoms with Crippen LogP contribution in [0.1, 0.15) is 23.7 Å². The second-order valence-corrected chi connectivity index (χ2v) is 6.25. The molecule has 7 nitrogen and oxygen atoms in total. The van der Waals surface area contributed by atoms with Crippen molar-refractivity contribution in [3.05, 3.63) is 53.2 Å². The van der Waals surface area contributed by atoms with Gasteiger partial charge in [0.15, 0.2) is 0 Å². The number of rotatable bonds is 3. The first-order chi connectivity index (χ1) is 11.8. The Balaban J connectivity index is 1.90. The Morgan fingerprint density at radius 3 is 2.84 bits per heavy atom. The number of halogens is 1. The van der Waals surface area contributed by atoms with E-state index in [-0.39, 0.29) is 22.7 Å². The average Bonchev–Trinajstić information content (AvgIpc) is 2.56. The summed E-state index contributed by atoms with van der Waals surface area (Å²) in [7, 11) is 0. The Labute approximate surface area is 148 Å². The number of amides is 2. The Hall–Kier alpha value is -2.93. The molecule has 0 aliphatic carbocycles. The molecule has 2 N–H and O–H groups in total. The summed E-state index contributed by atoms with van der Waals surface area (Å²) in [5.41, 5.74) is -1.02. The minimum absolute atomic E-state index is 0.0723. The van der Waals surface area contributed by atoms with Gasteiger partial charge in [0, 0.05) is 11.9 Å². The van der Waals surface area contributed by atoms with E-state index in [4.69, 9.17) is 16.7 Å². The van der Waals surface area contributed by atoms with Crippen molar-refractivity contribution in [3.8, 4) is 0 Å². The van der Waals surface area contributed by atoms with E-state index < -0.39 is 23.3 Å². The Bertz CT molecular complexity index is 875. The number of hydrogen-bond acceptors (Lipinski definition) is 4. The van der Waals surface area contributed by atoms with Gasteiger partial charge in [0.1, 0.15) is 11.4 Å². The molecule has 1 atom stereocenters. The van der Waals surface area contributed by atoms with Crippen LogP contribution in [0.2, 0.25) is 5.02 Å². The highest BCUT2D eigenvalue weighted by atomic mass is 35.5. The summed E-state index contributed by atoms with van der Waals surface area (Å²) in [6.07, 6.45) is 6.69. The molecule has 0 fully saturated rings. The Kier molecular flexibility index (Phi) is 4.18.